The number of benzene rings is 3. The number of rotatable bonds is 8. The van der Waals surface area contributed by atoms with Gasteiger partial charge in [0.2, 0.25) is 0 Å². The monoisotopic (exact) mass is 641 g/mol. The topological polar surface area (TPSA) is 122 Å². The van der Waals surface area contributed by atoms with Crippen LogP contribution < -0.4 is 24.4 Å². The fourth-order valence-electron chi connectivity index (χ4n) is 4.69. The van der Waals surface area contributed by atoms with Gasteiger partial charge in [0.15, 0.2) is 16.3 Å². The quantitative estimate of drug-likeness (QED) is 0.153. The first-order valence-electron chi connectivity index (χ1n) is 12.8. The first-order chi connectivity index (χ1) is 21.0. The van der Waals surface area contributed by atoms with Gasteiger partial charge < -0.3 is 14.2 Å². The second-order valence-electron chi connectivity index (χ2n) is 9.48. The van der Waals surface area contributed by atoms with E-state index in [9.17, 15) is 28.5 Å². The molecule has 0 N–H and O–H groups in total. The number of hydrogen-bond acceptors (Lipinski definition) is 9. The van der Waals surface area contributed by atoms with Crippen molar-refractivity contribution < 1.29 is 32.7 Å². The molecule has 0 saturated heterocycles. The zero-order valence-corrected chi connectivity index (χ0v) is 24.9. The molecule has 5 rings (SSSR count). The van der Waals surface area contributed by atoms with Gasteiger partial charge in [0.05, 0.1) is 41.0 Å². The number of ether oxygens (including phenoxy) is 3. The summed E-state index contributed by atoms with van der Waals surface area (Å²) in [7, 11) is 2.60. The van der Waals surface area contributed by atoms with E-state index in [4.69, 9.17) is 25.8 Å². The normalized spacial score (nSPS) is 14.6. The largest absolute Gasteiger partial charge is 0.493 e. The predicted molar refractivity (Wildman–Crippen MR) is 158 cm³/mol. The lowest BCUT2D eigenvalue weighted by Gasteiger charge is -2.24. The molecule has 226 valence electrons. The van der Waals surface area contributed by atoms with Crippen LogP contribution in [0, 0.1) is 21.7 Å². The molecule has 1 atom stereocenters. The van der Waals surface area contributed by atoms with E-state index >= 15 is 0 Å². The van der Waals surface area contributed by atoms with Crippen LogP contribution in [0.4, 0.5) is 14.5 Å². The minimum absolute atomic E-state index is 0.0452. The maximum Gasteiger partial charge on any atom is 0.338 e. The van der Waals surface area contributed by atoms with Gasteiger partial charge in [0.25, 0.3) is 11.2 Å². The number of methoxy groups -OCH3 is 2. The number of fused-ring (bicyclic) bond motifs is 1. The van der Waals surface area contributed by atoms with Gasteiger partial charge in [-0.15, -0.1) is 0 Å². The van der Waals surface area contributed by atoms with Gasteiger partial charge in [-0.05, 0) is 54.5 Å². The average molecular weight is 642 g/mol. The van der Waals surface area contributed by atoms with Crippen molar-refractivity contribution in [2.45, 2.75) is 19.6 Å². The maximum atomic E-state index is 14.0. The maximum absolute atomic E-state index is 14.0. The standard InChI is InChI=1S/C30H22ClF2N3O7S/c1-15-26(29(38)42-3)27(17-6-8-20(31)22(12-17)36(39)40)35-28(37)25(44-30(35)34-15)11-16-4-9-23(24(10-16)41-2)43-14-18-5-7-19(32)13-21(18)33/h4-13,27H,14H2,1-3H3. The highest BCUT2D eigenvalue weighted by atomic mass is 35.5. The summed E-state index contributed by atoms with van der Waals surface area (Å²) in [6.45, 7) is 1.41. The molecule has 0 spiro atoms. The summed E-state index contributed by atoms with van der Waals surface area (Å²) in [5, 5.41) is 11.5. The Morgan fingerprint density at radius 2 is 1.91 bits per heavy atom. The molecular weight excluding hydrogens is 620 g/mol. The van der Waals surface area contributed by atoms with Crippen molar-refractivity contribution in [3.63, 3.8) is 0 Å². The number of carbonyl (C=O) groups excluding carboxylic acids is 1. The van der Waals surface area contributed by atoms with Gasteiger partial charge >= 0.3 is 5.97 Å². The van der Waals surface area contributed by atoms with Crippen molar-refractivity contribution in [1.82, 2.24) is 4.57 Å². The fourth-order valence-corrected chi connectivity index (χ4v) is 5.92. The number of aromatic nitrogens is 1. The van der Waals surface area contributed by atoms with Crippen LogP contribution in [0.15, 0.2) is 75.7 Å². The molecule has 3 aromatic carbocycles. The fraction of sp³-hybridized carbons (Fsp3) is 0.167. The smallest absolute Gasteiger partial charge is 0.338 e. The van der Waals surface area contributed by atoms with Crippen LogP contribution in [0.25, 0.3) is 6.08 Å². The summed E-state index contributed by atoms with van der Waals surface area (Å²) < 4.78 is 44.9. The predicted octanol–water partition coefficient (Wildman–Crippen LogP) is 4.84. The molecule has 4 aromatic rings. The molecule has 0 radical (unpaired) electrons. The Labute approximate surface area is 256 Å². The lowest BCUT2D eigenvalue weighted by Crippen LogP contribution is -2.39. The number of carbonyl (C=O) groups is 1. The molecule has 10 nitrogen and oxygen atoms in total. The van der Waals surface area contributed by atoms with Crippen molar-refractivity contribution in [2.75, 3.05) is 14.2 Å². The Bertz CT molecular complexity index is 2040. The first kappa shape index (κ1) is 30.6. The van der Waals surface area contributed by atoms with Crippen molar-refractivity contribution in [2.24, 2.45) is 4.99 Å². The van der Waals surface area contributed by atoms with Crippen molar-refractivity contribution in [1.29, 1.82) is 0 Å². The lowest BCUT2D eigenvalue weighted by molar-refractivity contribution is -0.384. The zero-order chi connectivity index (χ0) is 31.7. The van der Waals surface area contributed by atoms with Crippen molar-refractivity contribution in [3.8, 4) is 11.5 Å². The number of halogens is 3. The average Bonchev–Trinajstić information content (AvgIpc) is 3.29. The van der Waals surface area contributed by atoms with Gasteiger partial charge in [-0.1, -0.05) is 35.1 Å². The van der Waals surface area contributed by atoms with E-state index in [0.717, 1.165) is 23.5 Å². The van der Waals surface area contributed by atoms with E-state index in [1.807, 2.05) is 0 Å². The molecular formula is C30H22ClF2N3O7S. The van der Waals surface area contributed by atoms with Crippen molar-refractivity contribution >= 4 is 40.7 Å². The molecule has 1 unspecified atom stereocenters. The van der Waals surface area contributed by atoms with Gasteiger partial charge in [-0.25, -0.2) is 18.6 Å². The number of nitrogens with zero attached hydrogens (tertiary/aromatic N) is 3. The molecule has 0 fully saturated rings. The molecule has 0 bridgehead atoms. The Hall–Kier alpha value is -4.88. The van der Waals surface area contributed by atoms with Crippen LogP contribution in [-0.4, -0.2) is 29.7 Å². The minimum Gasteiger partial charge on any atom is -0.493 e. The molecule has 0 aliphatic carbocycles. The number of esters is 1. The zero-order valence-electron chi connectivity index (χ0n) is 23.3. The highest BCUT2D eigenvalue weighted by Crippen LogP contribution is 2.35. The third-order valence-corrected chi connectivity index (χ3v) is 8.10. The highest BCUT2D eigenvalue weighted by molar-refractivity contribution is 7.07. The van der Waals surface area contributed by atoms with Gasteiger partial charge in [0.1, 0.15) is 23.3 Å². The van der Waals surface area contributed by atoms with Crippen LogP contribution in [-0.2, 0) is 16.1 Å². The number of nitro groups is 1. The first-order valence-corrected chi connectivity index (χ1v) is 14.0. The van der Waals surface area contributed by atoms with E-state index < -0.39 is 34.1 Å². The number of hydrogen-bond donors (Lipinski definition) is 0. The Morgan fingerprint density at radius 3 is 2.59 bits per heavy atom. The summed E-state index contributed by atoms with van der Waals surface area (Å²) in [6, 6.07) is 11.0. The van der Waals surface area contributed by atoms with Crippen LogP contribution in [0.3, 0.4) is 0 Å². The highest BCUT2D eigenvalue weighted by Gasteiger charge is 2.34. The molecule has 1 aliphatic rings. The summed E-state index contributed by atoms with van der Waals surface area (Å²) in [4.78, 5) is 42.4. The SMILES string of the molecule is COC(=O)C1=C(C)N=c2sc(=Cc3ccc(OCc4ccc(F)cc4F)c(OC)c3)c(=O)n2C1c1ccc(Cl)c([N+](=O)[O-])c1. The van der Waals surface area contributed by atoms with Gasteiger partial charge in [0, 0.05) is 17.7 Å². The Morgan fingerprint density at radius 1 is 1.14 bits per heavy atom. The third-order valence-electron chi connectivity index (χ3n) is 6.79. The minimum atomic E-state index is -1.08. The molecule has 2 heterocycles. The van der Waals surface area contributed by atoms with Crippen LogP contribution in [0.5, 0.6) is 11.5 Å². The molecule has 14 heteroatoms. The Balaban J connectivity index is 1.57. The lowest BCUT2D eigenvalue weighted by atomic mass is 9.95. The number of thiazole rings is 1. The molecule has 0 amide bonds. The summed E-state index contributed by atoms with van der Waals surface area (Å²) in [5.41, 5.74) is 0.412. The number of nitro benzene ring substituents is 1. The summed E-state index contributed by atoms with van der Waals surface area (Å²) >= 11 is 7.08. The van der Waals surface area contributed by atoms with E-state index in [2.05, 4.69) is 4.99 Å². The Kier molecular flexibility index (Phi) is 8.61. The summed E-state index contributed by atoms with van der Waals surface area (Å²) in [5.74, 6) is -1.60. The number of allylic oxidation sites excluding steroid dienone is 1. The van der Waals surface area contributed by atoms with E-state index in [0.29, 0.717) is 11.3 Å². The molecule has 1 aliphatic heterocycles. The van der Waals surface area contributed by atoms with Crippen LogP contribution in [0.2, 0.25) is 5.02 Å². The van der Waals surface area contributed by atoms with Gasteiger partial charge in [-0.3, -0.25) is 19.5 Å². The molecule has 0 saturated carbocycles. The van der Waals surface area contributed by atoms with Crippen LogP contribution >= 0.6 is 22.9 Å². The third kappa shape index (κ3) is 5.83. The van der Waals surface area contributed by atoms with Crippen LogP contribution in [0.1, 0.15) is 29.7 Å². The van der Waals surface area contributed by atoms with Crippen molar-refractivity contribution in [3.05, 3.63) is 129 Å². The second kappa shape index (κ2) is 12.4. The van der Waals surface area contributed by atoms with Gasteiger partial charge in [-0.2, -0.15) is 0 Å². The molecule has 1 aromatic heterocycles. The van der Waals surface area contributed by atoms with E-state index in [1.165, 1.54) is 43.1 Å². The summed E-state index contributed by atoms with van der Waals surface area (Å²) in [6.07, 6.45) is 1.59. The molecule has 44 heavy (non-hydrogen) atoms. The van der Waals surface area contributed by atoms with E-state index in [1.54, 1.807) is 31.2 Å². The second-order valence-corrected chi connectivity index (χ2v) is 10.9. The van der Waals surface area contributed by atoms with E-state index in [-0.39, 0.29) is 54.8 Å².